The number of carbonyl (C=O) groups is 2. The van der Waals surface area contributed by atoms with Gasteiger partial charge in [0, 0.05) is 24.7 Å². The Kier molecular flexibility index (Phi) is 4.20. The van der Waals surface area contributed by atoms with E-state index in [9.17, 15) is 9.59 Å². The van der Waals surface area contributed by atoms with Crippen LogP contribution in [0.2, 0.25) is 0 Å². The minimum Gasteiger partial charge on any atom is -0.496 e. The highest BCUT2D eigenvalue weighted by atomic mass is 16.6. The van der Waals surface area contributed by atoms with E-state index in [1.165, 1.54) is 14.2 Å². The van der Waals surface area contributed by atoms with E-state index in [4.69, 9.17) is 19.3 Å². The zero-order valence-electron chi connectivity index (χ0n) is 15.7. The van der Waals surface area contributed by atoms with Gasteiger partial charge in [-0.3, -0.25) is 4.68 Å². The zero-order chi connectivity index (χ0) is 19.2. The third kappa shape index (κ3) is 2.79. The van der Waals surface area contributed by atoms with Crippen molar-refractivity contribution in [3.8, 4) is 5.75 Å². The molecule has 8 heteroatoms. The number of hydrogen-bond acceptors (Lipinski definition) is 6. The van der Waals surface area contributed by atoms with Gasteiger partial charge < -0.3 is 19.1 Å². The van der Waals surface area contributed by atoms with Crippen LogP contribution in [0.4, 0.5) is 4.79 Å². The van der Waals surface area contributed by atoms with Crippen molar-refractivity contribution in [1.82, 2.24) is 14.7 Å². The summed E-state index contributed by atoms with van der Waals surface area (Å²) >= 11 is 0. The number of ether oxygens (including phenoxy) is 3. The van der Waals surface area contributed by atoms with Gasteiger partial charge in [-0.2, -0.15) is 5.10 Å². The first-order chi connectivity index (χ1) is 13.0. The lowest BCUT2D eigenvalue weighted by atomic mass is 9.79. The fourth-order valence-electron chi connectivity index (χ4n) is 4.16. The van der Waals surface area contributed by atoms with E-state index in [0.717, 1.165) is 36.6 Å². The lowest BCUT2D eigenvalue weighted by molar-refractivity contribution is 0.0597. The van der Waals surface area contributed by atoms with Crippen molar-refractivity contribution in [2.45, 2.75) is 37.3 Å². The first-order valence-electron chi connectivity index (χ1n) is 9.03. The topological polar surface area (TPSA) is 82.9 Å². The van der Waals surface area contributed by atoms with Crippen molar-refractivity contribution >= 4 is 23.0 Å². The van der Waals surface area contributed by atoms with Gasteiger partial charge in [0.2, 0.25) is 0 Å². The SMILES string of the molecule is COC(=O)c1cc2cn(C3CCC4(CC3)COC(=O)N4C)nc2cc1OC. The Morgan fingerprint density at radius 2 is 2.04 bits per heavy atom. The quantitative estimate of drug-likeness (QED) is 0.770. The molecule has 0 radical (unpaired) electrons. The van der Waals surface area contributed by atoms with Gasteiger partial charge in [-0.25, -0.2) is 9.59 Å². The summed E-state index contributed by atoms with van der Waals surface area (Å²) in [6, 6.07) is 3.77. The summed E-state index contributed by atoms with van der Waals surface area (Å²) in [6.45, 7) is 0.468. The molecule has 1 saturated heterocycles. The smallest absolute Gasteiger partial charge is 0.410 e. The predicted octanol–water partition coefficient (Wildman–Crippen LogP) is 2.77. The predicted molar refractivity (Wildman–Crippen MR) is 97.0 cm³/mol. The molecule has 0 N–H and O–H groups in total. The molecule has 27 heavy (non-hydrogen) atoms. The molecule has 1 saturated carbocycles. The number of amides is 1. The van der Waals surface area contributed by atoms with Crippen molar-refractivity contribution in [2.24, 2.45) is 0 Å². The van der Waals surface area contributed by atoms with E-state index >= 15 is 0 Å². The van der Waals surface area contributed by atoms with Crippen LogP contribution in [0.5, 0.6) is 5.75 Å². The molecule has 2 aromatic rings. The van der Waals surface area contributed by atoms with Crippen molar-refractivity contribution < 1.29 is 23.8 Å². The Balaban J connectivity index is 1.58. The van der Waals surface area contributed by atoms with Gasteiger partial charge in [-0.05, 0) is 31.7 Å². The Bertz CT molecular complexity index is 898. The fraction of sp³-hybridized carbons (Fsp3) is 0.526. The number of fused-ring (bicyclic) bond motifs is 1. The van der Waals surface area contributed by atoms with Crippen LogP contribution >= 0.6 is 0 Å². The number of cyclic esters (lactones) is 1. The van der Waals surface area contributed by atoms with Gasteiger partial charge in [-0.1, -0.05) is 0 Å². The number of benzene rings is 1. The summed E-state index contributed by atoms with van der Waals surface area (Å²) in [5, 5.41) is 5.56. The largest absolute Gasteiger partial charge is 0.496 e. The number of hydrogen-bond donors (Lipinski definition) is 0. The molecule has 0 unspecified atom stereocenters. The third-order valence-corrected chi connectivity index (χ3v) is 5.96. The Morgan fingerprint density at radius 3 is 2.63 bits per heavy atom. The van der Waals surface area contributed by atoms with Crippen LogP contribution in [0.1, 0.15) is 42.1 Å². The number of esters is 1. The molecule has 1 amide bonds. The molecular formula is C19H23N3O5. The van der Waals surface area contributed by atoms with Gasteiger partial charge in [-0.15, -0.1) is 0 Å². The number of carbonyl (C=O) groups excluding carboxylic acids is 2. The lowest BCUT2D eigenvalue weighted by Gasteiger charge is -2.39. The minimum absolute atomic E-state index is 0.179. The number of aromatic nitrogens is 2. The summed E-state index contributed by atoms with van der Waals surface area (Å²) in [4.78, 5) is 25.4. The van der Waals surface area contributed by atoms with Crippen LogP contribution in [0.25, 0.3) is 10.9 Å². The molecule has 2 heterocycles. The molecular weight excluding hydrogens is 350 g/mol. The number of rotatable bonds is 3. The van der Waals surface area contributed by atoms with E-state index in [1.54, 1.807) is 17.0 Å². The molecule has 0 atom stereocenters. The number of methoxy groups -OCH3 is 2. The van der Waals surface area contributed by atoms with Crippen LogP contribution < -0.4 is 4.74 Å². The van der Waals surface area contributed by atoms with Crippen LogP contribution in [0, 0.1) is 0 Å². The van der Waals surface area contributed by atoms with E-state index in [0.29, 0.717) is 17.9 Å². The van der Waals surface area contributed by atoms with Crippen LogP contribution in [0.3, 0.4) is 0 Å². The van der Waals surface area contributed by atoms with Crippen molar-refractivity contribution in [2.75, 3.05) is 27.9 Å². The van der Waals surface area contributed by atoms with E-state index < -0.39 is 5.97 Å². The maximum absolute atomic E-state index is 12.0. The number of nitrogens with zero attached hydrogens (tertiary/aromatic N) is 3. The molecule has 4 rings (SSSR count). The van der Waals surface area contributed by atoms with Gasteiger partial charge >= 0.3 is 12.1 Å². The molecule has 2 aliphatic rings. The third-order valence-electron chi connectivity index (χ3n) is 5.96. The minimum atomic E-state index is -0.435. The first-order valence-corrected chi connectivity index (χ1v) is 9.03. The summed E-state index contributed by atoms with van der Waals surface area (Å²) in [5.41, 5.74) is 0.982. The highest BCUT2D eigenvalue weighted by Gasteiger charge is 2.47. The van der Waals surface area contributed by atoms with Gasteiger partial charge in [0.15, 0.2) is 0 Å². The van der Waals surface area contributed by atoms with Gasteiger partial charge in [0.25, 0.3) is 0 Å². The first kappa shape index (κ1) is 17.6. The second-order valence-electron chi connectivity index (χ2n) is 7.28. The zero-order valence-corrected chi connectivity index (χ0v) is 15.7. The maximum atomic E-state index is 12.0. The second-order valence-corrected chi connectivity index (χ2v) is 7.28. The summed E-state index contributed by atoms with van der Waals surface area (Å²) < 4.78 is 17.3. The summed E-state index contributed by atoms with van der Waals surface area (Å²) in [5.74, 6) is 0.0143. The molecule has 1 spiro atoms. The van der Waals surface area contributed by atoms with Crippen molar-refractivity contribution in [3.63, 3.8) is 0 Å². The van der Waals surface area contributed by atoms with Crippen LogP contribution in [-0.4, -0.2) is 60.2 Å². The maximum Gasteiger partial charge on any atom is 0.410 e. The molecule has 1 aromatic heterocycles. The van der Waals surface area contributed by atoms with E-state index in [2.05, 4.69) is 0 Å². The van der Waals surface area contributed by atoms with Gasteiger partial charge in [0.05, 0.1) is 31.3 Å². The van der Waals surface area contributed by atoms with E-state index in [1.807, 2.05) is 17.9 Å². The number of likely N-dealkylation sites (N-methyl/N-ethyl adjacent to an activating group) is 1. The fourth-order valence-corrected chi connectivity index (χ4v) is 4.16. The summed E-state index contributed by atoms with van der Waals surface area (Å²) in [6.07, 6.45) is 5.32. The van der Waals surface area contributed by atoms with Crippen molar-refractivity contribution in [3.05, 3.63) is 23.9 Å². The molecule has 8 nitrogen and oxygen atoms in total. The highest BCUT2D eigenvalue weighted by molar-refractivity contribution is 5.97. The molecule has 1 aromatic carbocycles. The van der Waals surface area contributed by atoms with Gasteiger partial charge in [0.1, 0.15) is 17.9 Å². The molecule has 1 aliphatic heterocycles. The molecule has 1 aliphatic carbocycles. The molecule has 2 fully saturated rings. The van der Waals surface area contributed by atoms with Crippen LogP contribution in [0.15, 0.2) is 18.3 Å². The Labute approximate surface area is 157 Å². The van der Waals surface area contributed by atoms with Crippen molar-refractivity contribution in [1.29, 1.82) is 0 Å². The Hall–Kier alpha value is -2.77. The molecule has 144 valence electrons. The highest BCUT2D eigenvalue weighted by Crippen LogP contribution is 2.41. The second kappa shape index (κ2) is 6.44. The van der Waals surface area contributed by atoms with Crippen LogP contribution in [-0.2, 0) is 9.47 Å². The molecule has 0 bridgehead atoms. The Morgan fingerprint density at radius 1 is 1.30 bits per heavy atom. The summed E-state index contributed by atoms with van der Waals surface area (Å²) in [7, 11) is 4.69. The normalized spacial score (nSPS) is 25.1. The lowest BCUT2D eigenvalue weighted by Crippen LogP contribution is -2.47. The standard InChI is InChI=1S/C19H23N3O5/c1-21-18(24)27-11-19(21)6-4-13(5-7-19)22-10-12-8-14(17(23)26-3)16(25-2)9-15(12)20-22/h8-10,13H,4-7,11H2,1-3H3. The van der Waals surface area contributed by atoms with E-state index in [-0.39, 0.29) is 17.7 Å². The average molecular weight is 373 g/mol. The average Bonchev–Trinajstić information content (AvgIpc) is 3.23. The monoisotopic (exact) mass is 373 g/mol.